The van der Waals surface area contributed by atoms with E-state index >= 15 is 0 Å². The lowest BCUT2D eigenvalue weighted by molar-refractivity contribution is -0.139. The summed E-state index contributed by atoms with van der Waals surface area (Å²) in [6.07, 6.45) is 0. The zero-order chi connectivity index (χ0) is 21.7. The van der Waals surface area contributed by atoms with Gasteiger partial charge in [0.15, 0.2) is 0 Å². The number of esters is 2. The summed E-state index contributed by atoms with van der Waals surface area (Å²) in [5, 5.41) is 5.33. The van der Waals surface area contributed by atoms with Crippen LogP contribution >= 0.6 is 0 Å². The van der Waals surface area contributed by atoms with E-state index in [9.17, 15) is 14.4 Å². The number of hydrogen-bond donors (Lipinski definition) is 2. The number of rotatable bonds is 6. The van der Waals surface area contributed by atoms with E-state index in [1.165, 1.54) is 0 Å². The van der Waals surface area contributed by atoms with Crippen molar-refractivity contribution < 1.29 is 23.9 Å². The average molecular weight is 408 g/mol. The lowest BCUT2D eigenvalue weighted by Crippen LogP contribution is -2.47. The second-order valence-electron chi connectivity index (χ2n) is 6.95. The molecule has 1 aliphatic heterocycles. The summed E-state index contributed by atoms with van der Waals surface area (Å²) in [4.78, 5) is 37.6. The van der Waals surface area contributed by atoms with Gasteiger partial charge in [0.1, 0.15) is 6.61 Å². The van der Waals surface area contributed by atoms with Crippen molar-refractivity contribution in [1.29, 1.82) is 0 Å². The quantitative estimate of drug-likeness (QED) is 0.715. The van der Waals surface area contributed by atoms with Gasteiger partial charge in [-0.15, -0.1) is 0 Å². The number of amides is 2. The minimum Gasteiger partial charge on any atom is -0.463 e. The summed E-state index contributed by atoms with van der Waals surface area (Å²) < 4.78 is 10.6. The van der Waals surface area contributed by atoms with Crippen LogP contribution in [0.1, 0.15) is 40.0 Å². The maximum absolute atomic E-state index is 12.7. The standard InChI is InChI=1S/C23H24N2O5/c1-4-29-22(27)19-18(13-30-21(26)17-12-14(2)10-11-15(17)3)24-23(28)25-20(19)16-8-6-5-7-9-16/h5-12,20H,4,13H2,1-3H3,(H2,24,25,28)/t20-/m1/s1. The van der Waals surface area contributed by atoms with Crippen molar-refractivity contribution in [3.05, 3.63) is 82.1 Å². The van der Waals surface area contributed by atoms with Gasteiger partial charge < -0.3 is 20.1 Å². The maximum Gasteiger partial charge on any atom is 0.338 e. The number of ether oxygens (including phenoxy) is 2. The Kier molecular flexibility index (Phi) is 6.51. The Morgan fingerprint density at radius 2 is 1.73 bits per heavy atom. The van der Waals surface area contributed by atoms with E-state index in [0.717, 1.165) is 11.1 Å². The van der Waals surface area contributed by atoms with E-state index in [1.807, 2.05) is 44.2 Å². The summed E-state index contributed by atoms with van der Waals surface area (Å²) >= 11 is 0. The molecule has 3 rings (SSSR count). The normalized spacial score (nSPS) is 15.8. The van der Waals surface area contributed by atoms with Crippen LogP contribution in [0.2, 0.25) is 0 Å². The molecule has 0 bridgehead atoms. The molecule has 0 spiro atoms. The van der Waals surface area contributed by atoms with Crippen LogP contribution in [0, 0.1) is 13.8 Å². The SMILES string of the molecule is CCOC(=O)C1=C(COC(=O)c2cc(C)ccc2C)NC(=O)N[C@@H]1c1ccccc1. The molecule has 2 aromatic carbocycles. The van der Waals surface area contributed by atoms with E-state index in [2.05, 4.69) is 10.6 Å². The van der Waals surface area contributed by atoms with Crippen LogP contribution in [0.4, 0.5) is 4.79 Å². The van der Waals surface area contributed by atoms with Gasteiger partial charge in [-0.3, -0.25) is 0 Å². The highest BCUT2D eigenvalue weighted by Gasteiger charge is 2.34. The molecule has 7 heteroatoms. The molecule has 0 saturated heterocycles. The molecule has 0 unspecified atom stereocenters. The van der Waals surface area contributed by atoms with Gasteiger partial charge in [0.25, 0.3) is 0 Å². The molecule has 0 fully saturated rings. The first kappa shape index (κ1) is 21.1. The molecule has 1 heterocycles. The van der Waals surface area contributed by atoms with E-state index in [1.54, 1.807) is 25.1 Å². The van der Waals surface area contributed by atoms with Crippen molar-refractivity contribution in [3.8, 4) is 0 Å². The van der Waals surface area contributed by atoms with Crippen molar-refractivity contribution in [2.75, 3.05) is 13.2 Å². The van der Waals surface area contributed by atoms with Crippen molar-refractivity contribution in [2.24, 2.45) is 0 Å². The van der Waals surface area contributed by atoms with Crippen LogP contribution in [0.25, 0.3) is 0 Å². The predicted octanol–water partition coefficient (Wildman–Crippen LogP) is 3.33. The molecule has 30 heavy (non-hydrogen) atoms. The minimum atomic E-state index is -0.714. The third kappa shape index (κ3) is 4.68. The Morgan fingerprint density at radius 1 is 1.00 bits per heavy atom. The molecule has 1 atom stereocenters. The first-order valence-corrected chi connectivity index (χ1v) is 9.67. The van der Waals surface area contributed by atoms with Gasteiger partial charge in [-0.1, -0.05) is 48.0 Å². The molecule has 0 aliphatic carbocycles. The topological polar surface area (TPSA) is 93.7 Å². The third-order valence-corrected chi connectivity index (χ3v) is 4.74. The number of aryl methyl sites for hydroxylation is 2. The molecular weight excluding hydrogens is 384 g/mol. The number of carbonyl (C=O) groups is 3. The maximum atomic E-state index is 12.7. The molecule has 0 saturated carbocycles. The van der Waals surface area contributed by atoms with Crippen LogP contribution in [0.3, 0.4) is 0 Å². The van der Waals surface area contributed by atoms with Gasteiger partial charge >= 0.3 is 18.0 Å². The summed E-state index contributed by atoms with van der Waals surface area (Å²) in [6.45, 7) is 5.31. The van der Waals surface area contributed by atoms with E-state index in [-0.39, 0.29) is 24.5 Å². The lowest BCUT2D eigenvalue weighted by Gasteiger charge is -2.29. The zero-order valence-electron chi connectivity index (χ0n) is 17.2. The lowest BCUT2D eigenvalue weighted by atomic mass is 9.95. The zero-order valence-corrected chi connectivity index (χ0v) is 17.2. The smallest absolute Gasteiger partial charge is 0.338 e. The van der Waals surface area contributed by atoms with Gasteiger partial charge in [-0.25, -0.2) is 14.4 Å². The molecular formula is C23H24N2O5. The van der Waals surface area contributed by atoms with E-state index in [4.69, 9.17) is 9.47 Å². The van der Waals surface area contributed by atoms with Crippen molar-refractivity contribution in [3.63, 3.8) is 0 Å². The fourth-order valence-electron chi connectivity index (χ4n) is 3.25. The van der Waals surface area contributed by atoms with Gasteiger partial charge in [0.05, 0.1) is 29.5 Å². The largest absolute Gasteiger partial charge is 0.463 e. The highest BCUT2D eigenvalue weighted by molar-refractivity contribution is 5.95. The number of nitrogens with one attached hydrogen (secondary N) is 2. The summed E-state index contributed by atoms with van der Waals surface area (Å²) in [7, 11) is 0. The summed E-state index contributed by atoms with van der Waals surface area (Å²) in [6, 6.07) is 13.4. The number of benzene rings is 2. The van der Waals surface area contributed by atoms with Crippen LogP contribution in [-0.2, 0) is 14.3 Å². The fraction of sp³-hybridized carbons (Fsp3) is 0.261. The highest BCUT2D eigenvalue weighted by atomic mass is 16.5. The van der Waals surface area contributed by atoms with Crippen molar-refractivity contribution in [1.82, 2.24) is 10.6 Å². The fourth-order valence-corrected chi connectivity index (χ4v) is 3.25. The molecule has 2 N–H and O–H groups in total. The Labute approximate surface area is 175 Å². The van der Waals surface area contributed by atoms with Crippen molar-refractivity contribution in [2.45, 2.75) is 26.8 Å². The van der Waals surface area contributed by atoms with Gasteiger partial charge in [-0.05, 0) is 38.0 Å². The first-order chi connectivity index (χ1) is 14.4. The van der Waals surface area contributed by atoms with Gasteiger partial charge in [0.2, 0.25) is 0 Å². The van der Waals surface area contributed by atoms with Crippen LogP contribution in [0.5, 0.6) is 0 Å². The minimum absolute atomic E-state index is 0.174. The number of hydrogen-bond acceptors (Lipinski definition) is 5. The molecule has 156 valence electrons. The molecule has 0 radical (unpaired) electrons. The number of urea groups is 1. The van der Waals surface area contributed by atoms with Gasteiger partial charge in [-0.2, -0.15) is 0 Å². The monoisotopic (exact) mass is 408 g/mol. The predicted molar refractivity (Wildman–Crippen MR) is 111 cm³/mol. The summed E-state index contributed by atoms with van der Waals surface area (Å²) in [5.74, 6) is -1.12. The second kappa shape index (κ2) is 9.26. The highest BCUT2D eigenvalue weighted by Crippen LogP contribution is 2.28. The second-order valence-corrected chi connectivity index (χ2v) is 6.95. The molecule has 7 nitrogen and oxygen atoms in total. The molecule has 0 aromatic heterocycles. The Hall–Kier alpha value is -3.61. The van der Waals surface area contributed by atoms with Crippen LogP contribution < -0.4 is 10.6 Å². The average Bonchev–Trinajstić information content (AvgIpc) is 2.74. The number of carbonyl (C=O) groups excluding carboxylic acids is 3. The Bertz CT molecular complexity index is 998. The van der Waals surface area contributed by atoms with E-state index in [0.29, 0.717) is 11.1 Å². The molecule has 1 aliphatic rings. The van der Waals surface area contributed by atoms with Gasteiger partial charge in [0, 0.05) is 0 Å². The molecule has 2 aromatic rings. The van der Waals surface area contributed by atoms with Crippen LogP contribution in [-0.4, -0.2) is 31.2 Å². The summed E-state index contributed by atoms with van der Waals surface area (Å²) in [5.41, 5.74) is 3.27. The van der Waals surface area contributed by atoms with Crippen molar-refractivity contribution >= 4 is 18.0 Å². The Balaban J connectivity index is 1.93. The van der Waals surface area contributed by atoms with E-state index < -0.39 is 24.0 Å². The third-order valence-electron chi connectivity index (χ3n) is 4.74. The first-order valence-electron chi connectivity index (χ1n) is 9.67. The molecule has 2 amide bonds. The Morgan fingerprint density at radius 3 is 2.43 bits per heavy atom. The van der Waals surface area contributed by atoms with Crippen LogP contribution in [0.15, 0.2) is 59.8 Å².